The van der Waals surface area contributed by atoms with Crippen LogP contribution in [0, 0.1) is 5.82 Å². The minimum atomic E-state index is -0.287. The van der Waals surface area contributed by atoms with E-state index < -0.39 is 0 Å². The monoisotopic (exact) mass is 337 g/mol. The van der Waals surface area contributed by atoms with Crippen LogP contribution >= 0.6 is 0 Å². The van der Waals surface area contributed by atoms with Gasteiger partial charge in [-0.15, -0.1) is 0 Å². The average Bonchev–Trinajstić information content (AvgIpc) is 3.14. The van der Waals surface area contributed by atoms with Gasteiger partial charge in [-0.3, -0.25) is 4.79 Å². The molecule has 0 spiro atoms. The largest absolute Gasteiger partial charge is 0.465 e. The van der Waals surface area contributed by atoms with Crippen molar-refractivity contribution < 1.29 is 13.6 Å². The maximum Gasteiger partial charge on any atom is 0.248 e. The molecule has 6 heteroatoms. The molecule has 1 aromatic carbocycles. The Labute approximate surface area is 144 Å². The first kappa shape index (κ1) is 16.4. The molecule has 0 fully saturated rings. The molecule has 3 aromatic rings. The molecule has 25 heavy (non-hydrogen) atoms. The Morgan fingerprint density at radius 3 is 2.76 bits per heavy atom. The standard InChI is InChI=1S/C19H16FN3O2/c20-17-6-2-1-4-14(17)12-21-18-9-7-15(13-22-18)23-19(24)10-8-16-5-3-11-25-16/h1-11,13H,12H2,(H,21,22)(H,23,24)/b10-8+. The number of nitrogens with zero attached hydrogens (tertiary/aromatic N) is 1. The van der Waals surface area contributed by atoms with Gasteiger partial charge in [0, 0.05) is 18.2 Å². The van der Waals surface area contributed by atoms with Gasteiger partial charge in [-0.2, -0.15) is 0 Å². The number of furan rings is 1. The number of rotatable bonds is 6. The minimum Gasteiger partial charge on any atom is -0.465 e. The van der Waals surface area contributed by atoms with Gasteiger partial charge in [0.05, 0.1) is 18.1 Å². The van der Waals surface area contributed by atoms with Gasteiger partial charge in [0.1, 0.15) is 17.4 Å². The average molecular weight is 337 g/mol. The molecule has 2 N–H and O–H groups in total. The zero-order valence-corrected chi connectivity index (χ0v) is 13.3. The number of pyridine rings is 1. The van der Waals surface area contributed by atoms with E-state index in [9.17, 15) is 9.18 Å². The van der Waals surface area contributed by atoms with Crippen molar-refractivity contribution in [2.45, 2.75) is 6.54 Å². The lowest BCUT2D eigenvalue weighted by atomic mass is 10.2. The summed E-state index contributed by atoms with van der Waals surface area (Å²) in [6.07, 6.45) is 6.02. The van der Waals surface area contributed by atoms with Crippen molar-refractivity contribution in [1.29, 1.82) is 0 Å². The van der Waals surface area contributed by atoms with Crippen molar-refractivity contribution in [3.8, 4) is 0 Å². The van der Waals surface area contributed by atoms with E-state index in [-0.39, 0.29) is 11.7 Å². The van der Waals surface area contributed by atoms with Gasteiger partial charge in [-0.25, -0.2) is 9.37 Å². The van der Waals surface area contributed by atoms with Gasteiger partial charge >= 0.3 is 0 Å². The Kier molecular flexibility index (Phi) is 5.21. The van der Waals surface area contributed by atoms with Crippen molar-refractivity contribution in [2.24, 2.45) is 0 Å². The normalized spacial score (nSPS) is 10.8. The number of amides is 1. The molecule has 0 radical (unpaired) electrons. The summed E-state index contributed by atoms with van der Waals surface area (Å²) < 4.78 is 18.7. The van der Waals surface area contributed by atoms with Crippen LogP contribution in [0.25, 0.3) is 6.08 Å². The third-order valence-electron chi connectivity index (χ3n) is 3.39. The zero-order valence-electron chi connectivity index (χ0n) is 13.3. The van der Waals surface area contributed by atoms with Crippen LogP contribution in [0.15, 0.2) is 71.5 Å². The Morgan fingerprint density at radius 1 is 1.16 bits per heavy atom. The van der Waals surface area contributed by atoms with Gasteiger partial charge in [-0.05, 0) is 36.4 Å². The summed E-state index contributed by atoms with van der Waals surface area (Å²) in [7, 11) is 0. The Balaban J connectivity index is 1.53. The van der Waals surface area contributed by atoms with Crippen LogP contribution in [0.4, 0.5) is 15.9 Å². The van der Waals surface area contributed by atoms with E-state index >= 15 is 0 Å². The van der Waals surface area contributed by atoms with Crippen molar-refractivity contribution in [3.63, 3.8) is 0 Å². The van der Waals surface area contributed by atoms with Crippen LogP contribution in [-0.4, -0.2) is 10.9 Å². The molecule has 3 rings (SSSR count). The molecule has 0 aliphatic rings. The second-order valence-corrected chi connectivity index (χ2v) is 5.22. The number of benzene rings is 1. The molecule has 2 heterocycles. The predicted molar refractivity (Wildman–Crippen MR) is 94.3 cm³/mol. The van der Waals surface area contributed by atoms with Crippen LogP contribution in [0.2, 0.25) is 0 Å². The third-order valence-corrected chi connectivity index (χ3v) is 3.39. The molecule has 0 aliphatic heterocycles. The number of halogens is 1. The number of nitrogens with one attached hydrogen (secondary N) is 2. The van der Waals surface area contributed by atoms with Crippen molar-refractivity contribution in [1.82, 2.24) is 4.98 Å². The van der Waals surface area contributed by atoms with Crippen LogP contribution in [0.5, 0.6) is 0 Å². The van der Waals surface area contributed by atoms with Crippen LogP contribution in [0.3, 0.4) is 0 Å². The highest BCUT2D eigenvalue weighted by Crippen LogP contribution is 2.13. The molecule has 2 aromatic heterocycles. The van der Waals surface area contributed by atoms with Crippen molar-refractivity contribution >= 4 is 23.5 Å². The second kappa shape index (κ2) is 7.92. The quantitative estimate of drug-likeness (QED) is 0.665. The smallest absolute Gasteiger partial charge is 0.248 e. The first-order valence-corrected chi connectivity index (χ1v) is 7.66. The second-order valence-electron chi connectivity index (χ2n) is 5.22. The van der Waals surface area contributed by atoms with E-state index in [1.165, 1.54) is 24.6 Å². The van der Waals surface area contributed by atoms with E-state index in [1.807, 2.05) is 0 Å². The maximum atomic E-state index is 13.6. The summed E-state index contributed by atoms with van der Waals surface area (Å²) in [6.45, 7) is 0.331. The SMILES string of the molecule is O=C(/C=C/c1ccco1)Nc1ccc(NCc2ccccc2F)nc1. The molecular weight excluding hydrogens is 321 g/mol. The van der Waals surface area contributed by atoms with E-state index in [1.54, 1.807) is 48.5 Å². The molecule has 126 valence electrons. The minimum absolute atomic E-state index is 0.262. The fourth-order valence-electron chi connectivity index (χ4n) is 2.13. The predicted octanol–water partition coefficient (Wildman–Crippen LogP) is 4.08. The van der Waals surface area contributed by atoms with Gasteiger partial charge in [0.2, 0.25) is 5.91 Å². The zero-order chi connectivity index (χ0) is 17.5. The topological polar surface area (TPSA) is 67.2 Å². The molecule has 0 atom stereocenters. The number of aromatic nitrogens is 1. The fraction of sp³-hybridized carbons (Fsp3) is 0.0526. The highest BCUT2D eigenvalue weighted by Gasteiger charge is 2.02. The van der Waals surface area contributed by atoms with Crippen molar-refractivity contribution in [2.75, 3.05) is 10.6 Å². The summed E-state index contributed by atoms with van der Waals surface area (Å²) in [5.41, 5.74) is 1.12. The number of carbonyl (C=O) groups excluding carboxylic acids is 1. The summed E-state index contributed by atoms with van der Waals surface area (Å²) in [4.78, 5) is 16.0. The van der Waals surface area contributed by atoms with Gasteiger partial charge < -0.3 is 15.1 Å². The molecule has 0 saturated heterocycles. The molecular formula is C19H16FN3O2. The first-order chi connectivity index (χ1) is 12.2. The van der Waals surface area contributed by atoms with E-state index in [4.69, 9.17) is 4.42 Å². The molecule has 0 aliphatic carbocycles. The molecule has 1 amide bonds. The number of hydrogen-bond donors (Lipinski definition) is 2. The lowest BCUT2D eigenvalue weighted by Crippen LogP contribution is -2.08. The number of anilines is 2. The fourth-order valence-corrected chi connectivity index (χ4v) is 2.13. The highest BCUT2D eigenvalue weighted by atomic mass is 19.1. The van der Waals surface area contributed by atoms with Gasteiger partial charge in [-0.1, -0.05) is 18.2 Å². The van der Waals surface area contributed by atoms with E-state index in [0.717, 1.165) is 0 Å². The Bertz CT molecular complexity index is 859. The molecule has 0 unspecified atom stereocenters. The van der Waals surface area contributed by atoms with E-state index in [2.05, 4.69) is 15.6 Å². The highest BCUT2D eigenvalue weighted by molar-refractivity contribution is 6.01. The van der Waals surface area contributed by atoms with Gasteiger partial charge in [0.15, 0.2) is 0 Å². The molecule has 0 saturated carbocycles. The Hall–Kier alpha value is -3.41. The number of carbonyl (C=O) groups is 1. The van der Waals surface area contributed by atoms with Gasteiger partial charge in [0.25, 0.3) is 0 Å². The van der Waals surface area contributed by atoms with Crippen LogP contribution < -0.4 is 10.6 Å². The Morgan fingerprint density at radius 2 is 2.04 bits per heavy atom. The van der Waals surface area contributed by atoms with Crippen LogP contribution in [-0.2, 0) is 11.3 Å². The molecule has 5 nitrogen and oxygen atoms in total. The third kappa shape index (κ3) is 4.78. The van der Waals surface area contributed by atoms with Crippen molar-refractivity contribution in [3.05, 3.63) is 84.2 Å². The number of hydrogen-bond acceptors (Lipinski definition) is 4. The lowest BCUT2D eigenvalue weighted by molar-refractivity contribution is -0.111. The summed E-state index contributed by atoms with van der Waals surface area (Å²) in [5, 5.41) is 5.73. The summed E-state index contributed by atoms with van der Waals surface area (Å²) in [6, 6.07) is 13.5. The lowest BCUT2D eigenvalue weighted by Gasteiger charge is -2.07. The van der Waals surface area contributed by atoms with Crippen LogP contribution in [0.1, 0.15) is 11.3 Å². The maximum absolute atomic E-state index is 13.6. The summed E-state index contributed by atoms with van der Waals surface area (Å²) in [5.74, 6) is 0.640. The first-order valence-electron chi connectivity index (χ1n) is 7.66. The van der Waals surface area contributed by atoms with E-state index in [0.29, 0.717) is 29.4 Å². The summed E-state index contributed by atoms with van der Waals surface area (Å²) >= 11 is 0. The molecule has 0 bridgehead atoms.